The van der Waals surface area contributed by atoms with E-state index in [0.717, 1.165) is 17.7 Å². The van der Waals surface area contributed by atoms with Gasteiger partial charge < -0.3 is 10.6 Å². The number of benzene rings is 2. The number of nitrogens with zero attached hydrogens (tertiary/aromatic N) is 3. The maximum absolute atomic E-state index is 12.8. The van der Waals surface area contributed by atoms with Crippen LogP contribution in [0.5, 0.6) is 0 Å². The zero-order valence-electron chi connectivity index (χ0n) is 13.8. The van der Waals surface area contributed by atoms with Crippen molar-refractivity contribution in [1.29, 1.82) is 0 Å². The molecule has 0 aliphatic heterocycles. The van der Waals surface area contributed by atoms with Crippen molar-refractivity contribution in [2.24, 2.45) is 0 Å². The van der Waals surface area contributed by atoms with Crippen LogP contribution in [0.3, 0.4) is 0 Å². The van der Waals surface area contributed by atoms with E-state index in [9.17, 15) is 13.2 Å². The standard InChI is InChI=1S/C18H16F3N5/c1-12(13-6-3-2-4-7-13)23-17-25-16(11-22-26-17)24-15-9-5-8-14(10-15)18(19,20)21/h2-12H,1H3,(H2,23,24,25,26). The highest BCUT2D eigenvalue weighted by atomic mass is 19.4. The van der Waals surface area contributed by atoms with Crippen molar-refractivity contribution < 1.29 is 13.2 Å². The van der Waals surface area contributed by atoms with Crippen molar-refractivity contribution in [3.05, 3.63) is 71.9 Å². The minimum absolute atomic E-state index is 0.0539. The summed E-state index contributed by atoms with van der Waals surface area (Å²) in [5, 5.41) is 13.7. The van der Waals surface area contributed by atoms with E-state index in [4.69, 9.17) is 0 Å². The quantitative estimate of drug-likeness (QED) is 0.685. The molecule has 1 heterocycles. The molecule has 8 heteroatoms. The Morgan fingerprint density at radius 1 is 1.00 bits per heavy atom. The number of hydrogen-bond donors (Lipinski definition) is 2. The SMILES string of the molecule is CC(Nc1nncc(Nc2cccc(C(F)(F)F)c2)n1)c1ccccc1. The first-order valence-electron chi connectivity index (χ1n) is 7.87. The number of alkyl halides is 3. The first-order valence-corrected chi connectivity index (χ1v) is 7.87. The molecule has 0 saturated carbocycles. The van der Waals surface area contributed by atoms with Crippen molar-refractivity contribution >= 4 is 17.5 Å². The van der Waals surface area contributed by atoms with Crippen LogP contribution in [-0.2, 0) is 6.18 Å². The lowest BCUT2D eigenvalue weighted by atomic mass is 10.1. The first-order chi connectivity index (χ1) is 12.4. The van der Waals surface area contributed by atoms with Gasteiger partial charge in [0.1, 0.15) is 0 Å². The Morgan fingerprint density at radius 2 is 1.77 bits per heavy atom. The second-order valence-corrected chi connectivity index (χ2v) is 5.65. The third kappa shape index (κ3) is 4.47. The van der Waals surface area contributed by atoms with Crippen LogP contribution in [0.25, 0.3) is 0 Å². The van der Waals surface area contributed by atoms with Crippen LogP contribution < -0.4 is 10.6 Å². The first kappa shape index (κ1) is 17.7. The molecule has 0 radical (unpaired) electrons. The van der Waals surface area contributed by atoms with Gasteiger partial charge in [-0.15, -0.1) is 5.10 Å². The smallest absolute Gasteiger partial charge is 0.346 e. The predicted octanol–water partition coefficient (Wildman–Crippen LogP) is 4.81. The van der Waals surface area contributed by atoms with Crippen LogP contribution in [0.1, 0.15) is 24.1 Å². The molecule has 2 N–H and O–H groups in total. The van der Waals surface area contributed by atoms with Gasteiger partial charge in [0.25, 0.3) is 0 Å². The number of nitrogens with one attached hydrogen (secondary N) is 2. The normalized spacial score (nSPS) is 12.5. The fourth-order valence-corrected chi connectivity index (χ4v) is 2.36. The van der Waals surface area contributed by atoms with E-state index in [1.54, 1.807) is 0 Å². The Morgan fingerprint density at radius 3 is 2.50 bits per heavy atom. The van der Waals surface area contributed by atoms with Gasteiger partial charge in [0.05, 0.1) is 17.8 Å². The van der Waals surface area contributed by atoms with Gasteiger partial charge in [0.2, 0.25) is 5.95 Å². The number of aromatic nitrogens is 3. The van der Waals surface area contributed by atoms with Crippen molar-refractivity contribution in [2.45, 2.75) is 19.1 Å². The van der Waals surface area contributed by atoms with Crippen LogP contribution in [0.2, 0.25) is 0 Å². The third-order valence-electron chi connectivity index (χ3n) is 3.67. The van der Waals surface area contributed by atoms with E-state index < -0.39 is 11.7 Å². The summed E-state index contributed by atoms with van der Waals surface area (Å²) >= 11 is 0. The molecule has 0 spiro atoms. The summed E-state index contributed by atoms with van der Waals surface area (Å²) in [5.74, 6) is 0.570. The molecule has 0 amide bonds. The van der Waals surface area contributed by atoms with Gasteiger partial charge in [-0.25, -0.2) is 0 Å². The van der Waals surface area contributed by atoms with Gasteiger partial charge >= 0.3 is 6.18 Å². The summed E-state index contributed by atoms with van der Waals surface area (Å²) in [6, 6.07) is 14.5. The Balaban J connectivity index is 1.74. The van der Waals surface area contributed by atoms with E-state index in [1.807, 2.05) is 37.3 Å². The van der Waals surface area contributed by atoms with E-state index in [1.165, 1.54) is 18.3 Å². The molecular formula is C18H16F3N5. The molecule has 5 nitrogen and oxygen atoms in total. The minimum atomic E-state index is -4.40. The molecule has 3 rings (SSSR count). The van der Waals surface area contributed by atoms with Gasteiger partial charge in [-0.1, -0.05) is 36.4 Å². The summed E-state index contributed by atoms with van der Waals surface area (Å²) in [7, 11) is 0. The highest BCUT2D eigenvalue weighted by Gasteiger charge is 2.30. The maximum Gasteiger partial charge on any atom is 0.416 e. The average molecular weight is 359 g/mol. The lowest BCUT2D eigenvalue weighted by Gasteiger charge is -2.14. The molecule has 1 unspecified atom stereocenters. The maximum atomic E-state index is 12.8. The molecule has 1 atom stereocenters. The Hall–Kier alpha value is -3.16. The van der Waals surface area contributed by atoms with Gasteiger partial charge in [0.15, 0.2) is 5.82 Å². The molecule has 3 aromatic rings. The Labute approximate surface area is 148 Å². The van der Waals surface area contributed by atoms with Crippen LogP contribution in [-0.4, -0.2) is 15.2 Å². The van der Waals surface area contributed by atoms with Gasteiger partial charge in [0, 0.05) is 5.69 Å². The summed E-state index contributed by atoms with van der Waals surface area (Å²) < 4.78 is 38.4. The van der Waals surface area contributed by atoms with Crippen molar-refractivity contribution in [3.8, 4) is 0 Å². The fourth-order valence-electron chi connectivity index (χ4n) is 2.36. The van der Waals surface area contributed by atoms with E-state index in [0.29, 0.717) is 5.82 Å². The van der Waals surface area contributed by atoms with Crippen LogP contribution in [0.4, 0.5) is 30.6 Å². The molecule has 26 heavy (non-hydrogen) atoms. The number of halogens is 3. The molecule has 0 saturated heterocycles. The molecular weight excluding hydrogens is 343 g/mol. The van der Waals surface area contributed by atoms with Crippen LogP contribution >= 0.6 is 0 Å². The highest BCUT2D eigenvalue weighted by Crippen LogP contribution is 2.31. The Kier molecular flexibility index (Phi) is 5.01. The average Bonchev–Trinajstić information content (AvgIpc) is 2.62. The van der Waals surface area contributed by atoms with Crippen LogP contribution in [0, 0.1) is 0 Å². The van der Waals surface area contributed by atoms with E-state index >= 15 is 0 Å². The lowest BCUT2D eigenvalue weighted by molar-refractivity contribution is -0.137. The number of hydrogen-bond acceptors (Lipinski definition) is 5. The molecule has 0 aliphatic rings. The molecule has 134 valence electrons. The monoisotopic (exact) mass is 359 g/mol. The molecule has 0 aliphatic carbocycles. The molecule has 1 aromatic heterocycles. The number of rotatable bonds is 5. The zero-order valence-corrected chi connectivity index (χ0v) is 13.8. The Bertz CT molecular complexity index is 868. The highest BCUT2D eigenvalue weighted by molar-refractivity contribution is 5.57. The van der Waals surface area contributed by atoms with Crippen molar-refractivity contribution in [2.75, 3.05) is 10.6 Å². The summed E-state index contributed by atoms with van der Waals surface area (Å²) in [5.41, 5.74) is 0.579. The van der Waals surface area contributed by atoms with Crippen molar-refractivity contribution in [3.63, 3.8) is 0 Å². The predicted molar refractivity (Wildman–Crippen MR) is 93.0 cm³/mol. The molecule has 0 fully saturated rings. The second-order valence-electron chi connectivity index (χ2n) is 5.65. The van der Waals surface area contributed by atoms with Crippen LogP contribution in [0.15, 0.2) is 60.8 Å². The largest absolute Gasteiger partial charge is 0.416 e. The van der Waals surface area contributed by atoms with Gasteiger partial charge in [-0.05, 0) is 30.7 Å². The third-order valence-corrected chi connectivity index (χ3v) is 3.67. The topological polar surface area (TPSA) is 62.7 Å². The summed E-state index contributed by atoms with van der Waals surface area (Å²) in [6.07, 6.45) is -3.06. The van der Waals surface area contributed by atoms with Crippen molar-refractivity contribution in [1.82, 2.24) is 15.2 Å². The summed E-state index contributed by atoms with van der Waals surface area (Å²) in [4.78, 5) is 4.25. The number of anilines is 3. The van der Waals surface area contributed by atoms with E-state index in [-0.39, 0.29) is 17.7 Å². The second kappa shape index (κ2) is 7.38. The fraction of sp³-hybridized carbons (Fsp3) is 0.167. The van der Waals surface area contributed by atoms with Gasteiger partial charge in [-0.2, -0.15) is 23.3 Å². The minimum Gasteiger partial charge on any atom is -0.346 e. The molecule has 2 aromatic carbocycles. The molecule has 0 bridgehead atoms. The summed E-state index contributed by atoms with van der Waals surface area (Å²) in [6.45, 7) is 1.95. The lowest BCUT2D eigenvalue weighted by Crippen LogP contribution is -2.11. The zero-order chi connectivity index (χ0) is 18.6. The van der Waals surface area contributed by atoms with Gasteiger partial charge in [-0.3, -0.25) is 0 Å². The van der Waals surface area contributed by atoms with E-state index in [2.05, 4.69) is 25.8 Å².